The lowest BCUT2D eigenvalue weighted by atomic mass is 10.1. The molecule has 0 bridgehead atoms. The summed E-state index contributed by atoms with van der Waals surface area (Å²) in [6.07, 6.45) is 0.429. The summed E-state index contributed by atoms with van der Waals surface area (Å²) in [6, 6.07) is 14.6. The second kappa shape index (κ2) is 10.1. The third-order valence-corrected chi connectivity index (χ3v) is 5.32. The number of benzene rings is 2. The van der Waals surface area contributed by atoms with Crippen molar-refractivity contribution in [3.63, 3.8) is 0 Å². The highest BCUT2D eigenvalue weighted by atomic mass is 16.5. The third-order valence-electron chi connectivity index (χ3n) is 5.32. The molecule has 0 N–H and O–H groups in total. The molecule has 6 nitrogen and oxygen atoms in total. The average Bonchev–Trinajstić information content (AvgIpc) is 2.78. The fraction of sp³-hybridized carbons (Fsp3) is 0.375. The molecule has 0 aliphatic carbocycles. The highest BCUT2D eigenvalue weighted by molar-refractivity contribution is 5.98. The zero-order valence-corrected chi connectivity index (χ0v) is 17.6. The molecule has 1 amide bonds. The average molecular weight is 408 g/mol. The fourth-order valence-electron chi connectivity index (χ4n) is 3.55. The number of carbonyl (C=O) groups is 3. The van der Waals surface area contributed by atoms with E-state index < -0.39 is 0 Å². The van der Waals surface area contributed by atoms with Crippen LogP contribution >= 0.6 is 0 Å². The Balaban J connectivity index is 1.45. The largest absolute Gasteiger partial charge is 0.494 e. The van der Waals surface area contributed by atoms with E-state index in [0.29, 0.717) is 30.8 Å². The number of amides is 1. The van der Waals surface area contributed by atoms with Gasteiger partial charge in [-0.3, -0.25) is 14.4 Å². The summed E-state index contributed by atoms with van der Waals surface area (Å²) in [7, 11) is 0. The summed E-state index contributed by atoms with van der Waals surface area (Å²) < 4.78 is 5.38. The van der Waals surface area contributed by atoms with E-state index in [4.69, 9.17) is 4.74 Å². The van der Waals surface area contributed by atoms with Gasteiger partial charge in [-0.05, 0) is 62.4 Å². The first-order valence-corrected chi connectivity index (χ1v) is 10.4. The van der Waals surface area contributed by atoms with Crippen molar-refractivity contribution in [2.24, 2.45) is 0 Å². The predicted octanol–water partition coefficient (Wildman–Crippen LogP) is 3.60. The van der Waals surface area contributed by atoms with Gasteiger partial charge < -0.3 is 14.5 Å². The Kier molecular flexibility index (Phi) is 7.22. The van der Waals surface area contributed by atoms with Crippen LogP contribution in [0.4, 0.5) is 5.69 Å². The number of ketones is 2. The van der Waals surface area contributed by atoms with E-state index >= 15 is 0 Å². The van der Waals surface area contributed by atoms with Gasteiger partial charge in [0.15, 0.2) is 11.6 Å². The maximum Gasteiger partial charge on any atom is 0.223 e. The number of piperazine rings is 1. The van der Waals surface area contributed by atoms with Gasteiger partial charge in [0.1, 0.15) is 5.75 Å². The standard InChI is InChI=1S/C24H28N2O4/c1-3-30-22-10-6-20(7-11-22)23(28)12-13-24(29)26-16-14-25(15-17-26)21-8-4-19(5-9-21)18(2)27/h4-11H,3,12-17H2,1-2H3. The first kappa shape index (κ1) is 21.6. The molecule has 30 heavy (non-hydrogen) atoms. The predicted molar refractivity (Wildman–Crippen MR) is 116 cm³/mol. The first-order chi connectivity index (χ1) is 14.5. The van der Waals surface area contributed by atoms with Crippen molar-refractivity contribution in [3.05, 3.63) is 59.7 Å². The summed E-state index contributed by atoms with van der Waals surface area (Å²) in [4.78, 5) is 40.3. The van der Waals surface area contributed by atoms with Crippen LogP contribution < -0.4 is 9.64 Å². The molecule has 2 aromatic carbocycles. The molecule has 0 saturated carbocycles. The Hall–Kier alpha value is -3.15. The van der Waals surface area contributed by atoms with Crippen molar-refractivity contribution in [3.8, 4) is 5.75 Å². The molecule has 0 atom stereocenters. The van der Waals surface area contributed by atoms with Crippen LogP contribution in [-0.2, 0) is 4.79 Å². The molecule has 0 spiro atoms. The van der Waals surface area contributed by atoms with E-state index in [2.05, 4.69) is 4.90 Å². The van der Waals surface area contributed by atoms with E-state index in [0.717, 1.165) is 24.5 Å². The molecule has 1 heterocycles. The van der Waals surface area contributed by atoms with Gasteiger partial charge in [-0.1, -0.05) is 0 Å². The lowest BCUT2D eigenvalue weighted by Gasteiger charge is -2.36. The molecular weight excluding hydrogens is 380 g/mol. The summed E-state index contributed by atoms with van der Waals surface area (Å²) in [5, 5.41) is 0. The second-order valence-corrected chi connectivity index (χ2v) is 7.35. The monoisotopic (exact) mass is 408 g/mol. The van der Waals surface area contributed by atoms with Crippen LogP contribution in [0.3, 0.4) is 0 Å². The summed E-state index contributed by atoms with van der Waals surface area (Å²) >= 11 is 0. The molecule has 1 aliphatic rings. The Bertz CT molecular complexity index is 882. The number of hydrogen-bond donors (Lipinski definition) is 0. The fourth-order valence-corrected chi connectivity index (χ4v) is 3.55. The van der Waals surface area contributed by atoms with Crippen molar-refractivity contribution < 1.29 is 19.1 Å². The zero-order valence-electron chi connectivity index (χ0n) is 17.6. The van der Waals surface area contributed by atoms with Crippen molar-refractivity contribution in [1.82, 2.24) is 4.90 Å². The van der Waals surface area contributed by atoms with Crippen molar-refractivity contribution in [2.75, 3.05) is 37.7 Å². The lowest BCUT2D eigenvalue weighted by molar-refractivity contribution is -0.131. The minimum Gasteiger partial charge on any atom is -0.494 e. The number of carbonyl (C=O) groups excluding carboxylic acids is 3. The number of nitrogens with zero attached hydrogens (tertiary/aromatic N) is 2. The van der Waals surface area contributed by atoms with Crippen LogP contribution in [-0.4, -0.2) is 55.2 Å². The molecule has 1 aliphatic heterocycles. The van der Waals surface area contributed by atoms with Crippen molar-refractivity contribution >= 4 is 23.2 Å². The summed E-state index contributed by atoms with van der Waals surface area (Å²) in [5.41, 5.74) is 2.35. The molecule has 158 valence electrons. The molecule has 0 radical (unpaired) electrons. The van der Waals surface area contributed by atoms with Crippen LogP contribution in [0.2, 0.25) is 0 Å². The lowest BCUT2D eigenvalue weighted by Crippen LogP contribution is -2.48. The first-order valence-electron chi connectivity index (χ1n) is 10.4. The van der Waals surface area contributed by atoms with Crippen LogP contribution in [0.25, 0.3) is 0 Å². The van der Waals surface area contributed by atoms with Crippen molar-refractivity contribution in [2.45, 2.75) is 26.7 Å². The molecule has 0 unspecified atom stereocenters. The second-order valence-electron chi connectivity index (χ2n) is 7.35. The number of Topliss-reactive ketones (excluding diaryl/α,β-unsaturated/α-hetero) is 2. The van der Waals surface area contributed by atoms with Gasteiger partial charge in [0, 0.05) is 55.8 Å². The minimum absolute atomic E-state index is 0.0147. The summed E-state index contributed by atoms with van der Waals surface area (Å²) in [5.74, 6) is 0.770. The van der Waals surface area contributed by atoms with Crippen LogP contribution in [0, 0.1) is 0 Å². The number of ether oxygens (including phenoxy) is 1. The Morgan fingerprint density at radius 2 is 1.43 bits per heavy atom. The number of hydrogen-bond acceptors (Lipinski definition) is 5. The maximum atomic E-state index is 12.5. The SMILES string of the molecule is CCOc1ccc(C(=O)CCC(=O)N2CCN(c3ccc(C(C)=O)cc3)CC2)cc1. The Labute approximate surface area is 177 Å². The van der Waals surface area contributed by atoms with E-state index in [1.54, 1.807) is 31.2 Å². The highest BCUT2D eigenvalue weighted by Crippen LogP contribution is 2.19. The molecule has 6 heteroatoms. The van der Waals surface area contributed by atoms with Crippen LogP contribution in [0.1, 0.15) is 47.4 Å². The topological polar surface area (TPSA) is 66.9 Å². The van der Waals surface area contributed by atoms with Crippen LogP contribution in [0.5, 0.6) is 5.75 Å². The van der Waals surface area contributed by atoms with E-state index in [-0.39, 0.29) is 30.3 Å². The van der Waals surface area contributed by atoms with E-state index in [1.165, 1.54) is 0 Å². The van der Waals surface area contributed by atoms with Gasteiger partial charge in [-0.15, -0.1) is 0 Å². The highest BCUT2D eigenvalue weighted by Gasteiger charge is 2.22. The molecule has 0 aromatic heterocycles. The molecule has 3 rings (SSSR count). The Morgan fingerprint density at radius 3 is 2.00 bits per heavy atom. The molecule has 1 saturated heterocycles. The number of rotatable bonds is 8. The van der Waals surface area contributed by atoms with Crippen LogP contribution in [0.15, 0.2) is 48.5 Å². The third kappa shape index (κ3) is 5.47. The zero-order chi connectivity index (χ0) is 21.5. The quantitative estimate of drug-likeness (QED) is 0.625. The smallest absolute Gasteiger partial charge is 0.223 e. The van der Waals surface area contributed by atoms with Gasteiger partial charge in [0.05, 0.1) is 6.61 Å². The normalized spacial score (nSPS) is 13.8. The maximum absolute atomic E-state index is 12.5. The van der Waals surface area contributed by atoms with Gasteiger partial charge in [0.25, 0.3) is 0 Å². The Morgan fingerprint density at radius 1 is 0.833 bits per heavy atom. The van der Waals surface area contributed by atoms with Crippen molar-refractivity contribution in [1.29, 1.82) is 0 Å². The minimum atomic E-state index is -0.0319. The van der Waals surface area contributed by atoms with Gasteiger partial charge in [0.2, 0.25) is 5.91 Å². The van der Waals surface area contributed by atoms with Gasteiger partial charge in [-0.2, -0.15) is 0 Å². The number of anilines is 1. The van der Waals surface area contributed by atoms with E-state index in [9.17, 15) is 14.4 Å². The van der Waals surface area contributed by atoms with Gasteiger partial charge >= 0.3 is 0 Å². The van der Waals surface area contributed by atoms with Gasteiger partial charge in [-0.25, -0.2) is 0 Å². The summed E-state index contributed by atoms with van der Waals surface area (Å²) in [6.45, 7) is 6.78. The van der Waals surface area contributed by atoms with E-state index in [1.807, 2.05) is 36.1 Å². The molecular formula is C24H28N2O4. The molecule has 1 fully saturated rings. The molecule has 2 aromatic rings.